The third kappa shape index (κ3) is 1.93. The van der Waals surface area contributed by atoms with Gasteiger partial charge in [0, 0.05) is 5.56 Å². The number of alkyl halides is 1. The van der Waals surface area contributed by atoms with Crippen LogP contribution in [-0.4, -0.2) is 5.00 Å². The topological polar surface area (TPSA) is 35.8 Å². The fraction of sp³-hybridized carbons (Fsp3) is 0.0833. The zero-order valence-corrected chi connectivity index (χ0v) is 9.00. The molecular formula is C12H8ClFN2. The fourth-order valence-corrected chi connectivity index (χ4v) is 1.66. The van der Waals surface area contributed by atoms with Gasteiger partial charge in [-0.2, -0.15) is 5.26 Å². The van der Waals surface area contributed by atoms with E-state index in [-0.39, 0.29) is 5.82 Å². The third-order valence-electron chi connectivity index (χ3n) is 2.26. The van der Waals surface area contributed by atoms with Crippen molar-refractivity contribution < 1.29 is 4.39 Å². The minimum Gasteiger partial charge on any atom is -0.358 e. The molecule has 4 heteroatoms. The number of hydrogen-bond acceptors (Lipinski definition) is 2. The Morgan fingerprint density at radius 1 is 1.38 bits per heavy atom. The smallest absolute Gasteiger partial charge is 0.219 e. The van der Waals surface area contributed by atoms with Crippen molar-refractivity contribution in [2.45, 2.75) is 5.00 Å². The minimum atomic E-state index is -1.30. The molecule has 0 saturated carbocycles. The molecule has 2 rings (SSSR count). The maximum absolute atomic E-state index is 13.5. The molecule has 0 aliphatic carbocycles. The lowest BCUT2D eigenvalue weighted by Crippen LogP contribution is -2.34. The summed E-state index contributed by atoms with van der Waals surface area (Å²) in [7, 11) is 0. The highest BCUT2D eigenvalue weighted by molar-refractivity contribution is 6.27. The predicted molar refractivity (Wildman–Crippen MR) is 60.8 cm³/mol. The summed E-state index contributed by atoms with van der Waals surface area (Å²) >= 11 is 5.93. The van der Waals surface area contributed by atoms with Crippen molar-refractivity contribution in [3.8, 4) is 6.07 Å². The van der Waals surface area contributed by atoms with E-state index in [0.29, 0.717) is 11.1 Å². The van der Waals surface area contributed by atoms with Gasteiger partial charge in [0.2, 0.25) is 5.00 Å². The van der Waals surface area contributed by atoms with Crippen molar-refractivity contribution in [2.75, 3.05) is 0 Å². The van der Waals surface area contributed by atoms with Gasteiger partial charge in [0.1, 0.15) is 11.9 Å². The van der Waals surface area contributed by atoms with Crippen LogP contribution in [0.2, 0.25) is 0 Å². The molecule has 1 heterocycles. The Bertz CT molecular complexity index is 516. The zero-order valence-electron chi connectivity index (χ0n) is 8.24. The van der Waals surface area contributed by atoms with E-state index < -0.39 is 5.00 Å². The van der Waals surface area contributed by atoms with Crippen molar-refractivity contribution in [3.63, 3.8) is 0 Å². The van der Waals surface area contributed by atoms with Crippen LogP contribution in [0, 0.1) is 17.1 Å². The van der Waals surface area contributed by atoms with Crippen molar-refractivity contribution in [1.82, 2.24) is 5.32 Å². The lowest BCUT2D eigenvalue weighted by Gasteiger charge is -2.20. The molecule has 1 aromatic rings. The summed E-state index contributed by atoms with van der Waals surface area (Å²) in [5.74, 6) is -0.336. The Balaban J connectivity index is 2.47. The summed E-state index contributed by atoms with van der Waals surface area (Å²) in [6.45, 7) is 0. The maximum atomic E-state index is 13.5. The molecule has 0 amide bonds. The number of allylic oxidation sites excluding steroid dienone is 2. The Hall–Kier alpha value is -1.79. The van der Waals surface area contributed by atoms with Crippen LogP contribution in [0.25, 0.3) is 5.57 Å². The molecule has 0 radical (unpaired) electrons. The van der Waals surface area contributed by atoms with E-state index in [9.17, 15) is 4.39 Å². The third-order valence-corrected chi connectivity index (χ3v) is 2.56. The van der Waals surface area contributed by atoms with E-state index in [4.69, 9.17) is 16.9 Å². The number of nitriles is 1. The number of nitrogens with one attached hydrogen (secondary N) is 1. The van der Waals surface area contributed by atoms with Gasteiger partial charge in [0.05, 0.1) is 0 Å². The van der Waals surface area contributed by atoms with Crippen molar-refractivity contribution >= 4 is 17.2 Å². The highest BCUT2D eigenvalue weighted by atomic mass is 35.5. The van der Waals surface area contributed by atoms with Crippen LogP contribution in [-0.2, 0) is 0 Å². The average molecular weight is 235 g/mol. The first-order chi connectivity index (χ1) is 7.64. The number of benzene rings is 1. The van der Waals surface area contributed by atoms with E-state index in [1.165, 1.54) is 18.3 Å². The summed E-state index contributed by atoms with van der Waals surface area (Å²) < 4.78 is 13.5. The van der Waals surface area contributed by atoms with Crippen LogP contribution in [0.15, 0.2) is 42.6 Å². The van der Waals surface area contributed by atoms with Crippen molar-refractivity contribution in [3.05, 3.63) is 54.0 Å². The number of halogens is 2. The van der Waals surface area contributed by atoms with Crippen LogP contribution < -0.4 is 5.32 Å². The van der Waals surface area contributed by atoms with Crippen molar-refractivity contribution in [1.29, 1.82) is 5.26 Å². The quantitative estimate of drug-likeness (QED) is 0.599. The number of dihydropyridines is 1. The summed E-state index contributed by atoms with van der Waals surface area (Å²) in [6, 6.07) is 8.26. The molecule has 1 atom stereocenters. The van der Waals surface area contributed by atoms with Crippen molar-refractivity contribution in [2.24, 2.45) is 0 Å². The van der Waals surface area contributed by atoms with Gasteiger partial charge in [-0.25, -0.2) is 4.39 Å². The molecule has 0 bridgehead atoms. The molecule has 16 heavy (non-hydrogen) atoms. The largest absolute Gasteiger partial charge is 0.358 e. The summed E-state index contributed by atoms with van der Waals surface area (Å²) in [4.78, 5) is -1.30. The van der Waals surface area contributed by atoms with Gasteiger partial charge in [-0.05, 0) is 30.0 Å². The molecule has 1 aliphatic rings. The fourth-order valence-electron chi connectivity index (χ4n) is 1.48. The van der Waals surface area contributed by atoms with Gasteiger partial charge in [0.15, 0.2) is 0 Å². The monoisotopic (exact) mass is 234 g/mol. The van der Waals surface area contributed by atoms with E-state index >= 15 is 0 Å². The first kappa shape index (κ1) is 10.7. The second kappa shape index (κ2) is 3.99. The first-order valence-electron chi connectivity index (χ1n) is 4.67. The molecule has 0 saturated heterocycles. The van der Waals surface area contributed by atoms with E-state index in [1.807, 2.05) is 6.07 Å². The highest BCUT2D eigenvalue weighted by Gasteiger charge is 2.25. The first-order valence-corrected chi connectivity index (χ1v) is 5.04. The second-order valence-corrected chi connectivity index (χ2v) is 3.98. The van der Waals surface area contributed by atoms with Gasteiger partial charge in [-0.1, -0.05) is 29.8 Å². The standard InChI is InChI=1S/C12H8ClFN2/c13-12(8-15)7-9(5-6-16-12)10-3-1-2-4-11(10)14/h1-7,16H. The summed E-state index contributed by atoms with van der Waals surface area (Å²) in [6.07, 6.45) is 4.71. The minimum absolute atomic E-state index is 0.336. The lowest BCUT2D eigenvalue weighted by atomic mass is 10.0. The second-order valence-electron chi connectivity index (χ2n) is 3.38. The average Bonchev–Trinajstić information content (AvgIpc) is 2.30. The number of hydrogen-bond donors (Lipinski definition) is 1. The SMILES string of the molecule is N#CC1(Cl)C=C(c2ccccc2F)C=CN1. The molecule has 80 valence electrons. The maximum Gasteiger partial charge on any atom is 0.219 e. The zero-order chi connectivity index (χ0) is 11.6. The van der Waals surface area contributed by atoms with Gasteiger partial charge in [-0.3, -0.25) is 0 Å². The van der Waals surface area contributed by atoms with Crippen LogP contribution in [0.3, 0.4) is 0 Å². The molecular weight excluding hydrogens is 227 g/mol. The van der Waals surface area contributed by atoms with Crippen LogP contribution in [0.4, 0.5) is 4.39 Å². The number of rotatable bonds is 1. The molecule has 1 aliphatic heterocycles. The molecule has 1 unspecified atom stereocenters. The predicted octanol–water partition coefficient (Wildman–Crippen LogP) is 2.78. The highest BCUT2D eigenvalue weighted by Crippen LogP contribution is 2.27. The summed E-state index contributed by atoms with van der Waals surface area (Å²) in [5, 5.41) is 11.6. The van der Waals surface area contributed by atoms with Crippen LogP contribution in [0.5, 0.6) is 0 Å². The molecule has 0 spiro atoms. The normalized spacial score (nSPS) is 23.2. The van der Waals surface area contributed by atoms with E-state index in [2.05, 4.69) is 5.32 Å². The molecule has 2 nitrogen and oxygen atoms in total. The van der Waals surface area contributed by atoms with Gasteiger partial charge < -0.3 is 5.32 Å². The van der Waals surface area contributed by atoms with Gasteiger partial charge in [0.25, 0.3) is 0 Å². The molecule has 0 aromatic heterocycles. The lowest BCUT2D eigenvalue weighted by molar-refractivity contribution is 0.624. The molecule has 1 aromatic carbocycles. The Kier molecular flexibility index (Phi) is 2.67. The van der Waals surface area contributed by atoms with E-state index in [0.717, 1.165) is 0 Å². The number of nitrogens with zero attached hydrogens (tertiary/aromatic N) is 1. The van der Waals surface area contributed by atoms with Crippen LogP contribution in [0.1, 0.15) is 5.56 Å². The van der Waals surface area contributed by atoms with Gasteiger partial charge in [-0.15, -0.1) is 0 Å². The summed E-state index contributed by atoms with van der Waals surface area (Å²) in [5.41, 5.74) is 1.02. The van der Waals surface area contributed by atoms with Crippen LogP contribution >= 0.6 is 11.6 Å². The molecule has 0 fully saturated rings. The van der Waals surface area contributed by atoms with E-state index in [1.54, 1.807) is 24.3 Å². The Labute approximate surface area is 97.6 Å². The molecule has 1 N–H and O–H groups in total. The Morgan fingerprint density at radius 2 is 2.12 bits per heavy atom. The Morgan fingerprint density at radius 3 is 2.81 bits per heavy atom. The van der Waals surface area contributed by atoms with Gasteiger partial charge >= 0.3 is 0 Å².